The van der Waals surface area contributed by atoms with E-state index in [1.807, 2.05) is 36.4 Å². The molecule has 0 bridgehead atoms. The Kier molecular flexibility index (Phi) is 4.14. The van der Waals surface area contributed by atoms with Crippen LogP contribution in [0.15, 0.2) is 48.8 Å². The lowest BCUT2D eigenvalue weighted by Crippen LogP contribution is -2.62. The number of amides is 1. The van der Waals surface area contributed by atoms with Crippen LogP contribution >= 0.6 is 11.6 Å². The predicted molar refractivity (Wildman–Crippen MR) is 86.3 cm³/mol. The third kappa shape index (κ3) is 3.13. The first kappa shape index (κ1) is 15.0. The van der Waals surface area contributed by atoms with Crippen LogP contribution in [0.3, 0.4) is 0 Å². The highest BCUT2D eigenvalue weighted by molar-refractivity contribution is 6.30. The fourth-order valence-electron chi connectivity index (χ4n) is 3.02. The first-order valence-corrected chi connectivity index (χ1v) is 7.61. The normalized spacial score (nSPS) is 17.0. The molecule has 1 saturated heterocycles. The van der Waals surface area contributed by atoms with Crippen LogP contribution in [-0.2, 0) is 17.8 Å². The molecule has 1 aliphatic heterocycles. The van der Waals surface area contributed by atoms with Crippen molar-refractivity contribution in [3.05, 3.63) is 64.9 Å². The molecule has 5 heteroatoms. The number of aromatic nitrogens is 1. The summed E-state index contributed by atoms with van der Waals surface area (Å²) in [5, 5.41) is 0.699. The number of carbonyl (C=O) groups is 1. The van der Waals surface area contributed by atoms with Crippen LogP contribution in [-0.4, -0.2) is 28.9 Å². The summed E-state index contributed by atoms with van der Waals surface area (Å²) in [6.07, 6.45) is 4.22. The molecule has 2 N–H and O–H groups in total. The van der Waals surface area contributed by atoms with Gasteiger partial charge in [-0.3, -0.25) is 14.7 Å². The summed E-state index contributed by atoms with van der Waals surface area (Å²) >= 11 is 5.90. The molecule has 4 nitrogen and oxygen atoms in total. The minimum absolute atomic E-state index is 0.228. The van der Waals surface area contributed by atoms with E-state index in [1.54, 1.807) is 12.4 Å². The van der Waals surface area contributed by atoms with Gasteiger partial charge in [0.15, 0.2) is 0 Å². The molecule has 3 rings (SSSR count). The molecule has 0 atom stereocenters. The third-order valence-electron chi connectivity index (χ3n) is 4.19. The van der Waals surface area contributed by atoms with Crippen LogP contribution in [0.25, 0.3) is 0 Å². The Labute approximate surface area is 134 Å². The molecule has 22 heavy (non-hydrogen) atoms. The van der Waals surface area contributed by atoms with Crippen LogP contribution in [0, 0.1) is 5.41 Å². The maximum Gasteiger partial charge on any atom is 0.226 e. The van der Waals surface area contributed by atoms with E-state index in [-0.39, 0.29) is 5.91 Å². The number of nitrogens with zero attached hydrogens (tertiary/aromatic N) is 2. The number of nitrogens with two attached hydrogens (primary N) is 1. The summed E-state index contributed by atoms with van der Waals surface area (Å²) in [6.45, 7) is 2.19. The number of primary amides is 1. The molecule has 1 aliphatic rings. The number of hydrogen-bond acceptors (Lipinski definition) is 3. The summed E-state index contributed by atoms with van der Waals surface area (Å²) in [7, 11) is 0. The van der Waals surface area contributed by atoms with Crippen molar-refractivity contribution in [3.63, 3.8) is 0 Å². The van der Waals surface area contributed by atoms with Crippen molar-refractivity contribution in [1.29, 1.82) is 0 Å². The van der Waals surface area contributed by atoms with Crippen molar-refractivity contribution in [1.82, 2.24) is 9.88 Å². The fraction of sp³-hybridized carbons (Fsp3) is 0.294. The quantitative estimate of drug-likeness (QED) is 0.920. The van der Waals surface area contributed by atoms with E-state index in [9.17, 15) is 4.79 Å². The zero-order chi connectivity index (χ0) is 15.6. The maximum absolute atomic E-state index is 11.9. The lowest BCUT2D eigenvalue weighted by molar-refractivity contribution is -0.138. The molecule has 1 aromatic carbocycles. The highest BCUT2D eigenvalue weighted by Crippen LogP contribution is 2.35. The number of halogens is 1. The van der Waals surface area contributed by atoms with E-state index in [1.165, 1.54) is 5.56 Å². The molecule has 2 heterocycles. The molecule has 1 aromatic heterocycles. The van der Waals surface area contributed by atoms with Crippen LogP contribution in [0.2, 0.25) is 5.02 Å². The fourth-order valence-corrected chi connectivity index (χ4v) is 3.14. The minimum Gasteiger partial charge on any atom is -0.369 e. The van der Waals surface area contributed by atoms with Gasteiger partial charge in [-0.1, -0.05) is 23.7 Å². The van der Waals surface area contributed by atoms with Crippen molar-refractivity contribution in [2.45, 2.75) is 13.0 Å². The highest BCUT2D eigenvalue weighted by Gasteiger charge is 2.47. The van der Waals surface area contributed by atoms with Gasteiger partial charge in [0.1, 0.15) is 0 Å². The first-order chi connectivity index (χ1) is 10.6. The zero-order valence-corrected chi connectivity index (χ0v) is 13.0. The average Bonchev–Trinajstić information content (AvgIpc) is 2.48. The smallest absolute Gasteiger partial charge is 0.226 e. The van der Waals surface area contributed by atoms with Crippen molar-refractivity contribution in [2.75, 3.05) is 13.1 Å². The van der Waals surface area contributed by atoms with E-state index in [2.05, 4.69) is 9.88 Å². The van der Waals surface area contributed by atoms with Gasteiger partial charge in [0.25, 0.3) is 0 Å². The lowest BCUT2D eigenvalue weighted by atomic mass is 9.74. The molecule has 1 fully saturated rings. The van der Waals surface area contributed by atoms with Gasteiger partial charge >= 0.3 is 0 Å². The van der Waals surface area contributed by atoms with E-state index >= 15 is 0 Å². The molecular formula is C17H18ClN3O. The number of likely N-dealkylation sites (tertiary alicyclic amines) is 1. The Morgan fingerprint density at radius 2 is 1.77 bits per heavy atom. The second-order valence-corrected chi connectivity index (χ2v) is 6.38. The van der Waals surface area contributed by atoms with Crippen LogP contribution in [0.5, 0.6) is 0 Å². The Balaban J connectivity index is 1.65. The summed E-state index contributed by atoms with van der Waals surface area (Å²) in [5.74, 6) is -0.228. The Bertz CT molecular complexity index is 651. The van der Waals surface area contributed by atoms with Gasteiger partial charge in [-0.15, -0.1) is 0 Å². The molecule has 0 unspecified atom stereocenters. The summed E-state index contributed by atoms with van der Waals surface area (Å²) in [4.78, 5) is 18.2. The summed E-state index contributed by atoms with van der Waals surface area (Å²) in [5.41, 5.74) is 7.48. The van der Waals surface area contributed by atoms with Gasteiger partial charge in [0, 0.05) is 37.1 Å². The molecule has 1 amide bonds. The Hall–Kier alpha value is -1.91. The Morgan fingerprint density at radius 3 is 2.36 bits per heavy atom. The average molecular weight is 316 g/mol. The van der Waals surface area contributed by atoms with Crippen LogP contribution < -0.4 is 5.73 Å². The zero-order valence-electron chi connectivity index (χ0n) is 12.2. The van der Waals surface area contributed by atoms with E-state index < -0.39 is 5.41 Å². The first-order valence-electron chi connectivity index (χ1n) is 7.23. The highest BCUT2D eigenvalue weighted by atomic mass is 35.5. The molecule has 0 radical (unpaired) electrons. The van der Waals surface area contributed by atoms with Crippen molar-refractivity contribution >= 4 is 17.5 Å². The van der Waals surface area contributed by atoms with Crippen molar-refractivity contribution < 1.29 is 4.79 Å². The second-order valence-electron chi connectivity index (χ2n) is 5.95. The number of pyridine rings is 1. The lowest BCUT2D eigenvalue weighted by Gasteiger charge is -2.48. The number of benzene rings is 1. The van der Waals surface area contributed by atoms with Crippen molar-refractivity contribution in [3.8, 4) is 0 Å². The molecule has 2 aromatic rings. The third-order valence-corrected chi connectivity index (χ3v) is 4.44. The number of hydrogen-bond donors (Lipinski definition) is 1. The van der Waals surface area contributed by atoms with Gasteiger partial charge in [-0.05, 0) is 41.8 Å². The summed E-state index contributed by atoms with van der Waals surface area (Å²) < 4.78 is 0. The second kappa shape index (κ2) is 6.07. The topological polar surface area (TPSA) is 59.2 Å². The van der Waals surface area contributed by atoms with E-state index in [4.69, 9.17) is 17.3 Å². The van der Waals surface area contributed by atoms with Gasteiger partial charge in [0.2, 0.25) is 5.91 Å². The summed E-state index contributed by atoms with van der Waals surface area (Å²) in [6, 6.07) is 11.6. The standard InChI is InChI=1S/C17H18ClN3O/c18-15-3-1-13(2-4-15)9-17(16(19)22)11-21(12-17)10-14-5-7-20-8-6-14/h1-8H,9-12H2,(H2,19,22). The molecule has 0 saturated carbocycles. The van der Waals surface area contributed by atoms with Crippen LogP contribution in [0.1, 0.15) is 11.1 Å². The van der Waals surface area contributed by atoms with Gasteiger partial charge in [-0.25, -0.2) is 0 Å². The van der Waals surface area contributed by atoms with Gasteiger partial charge in [0.05, 0.1) is 5.41 Å². The van der Waals surface area contributed by atoms with Crippen molar-refractivity contribution in [2.24, 2.45) is 11.1 Å². The van der Waals surface area contributed by atoms with Gasteiger partial charge < -0.3 is 5.73 Å². The molecule has 114 valence electrons. The Morgan fingerprint density at radius 1 is 1.14 bits per heavy atom. The molecular weight excluding hydrogens is 298 g/mol. The monoisotopic (exact) mass is 315 g/mol. The minimum atomic E-state index is -0.471. The molecule has 0 aliphatic carbocycles. The van der Waals surface area contributed by atoms with Gasteiger partial charge in [-0.2, -0.15) is 0 Å². The number of rotatable bonds is 5. The SMILES string of the molecule is NC(=O)C1(Cc2ccc(Cl)cc2)CN(Cc2ccncc2)C1. The predicted octanol–water partition coefficient (Wildman–Crippen LogP) is 2.27. The van der Waals surface area contributed by atoms with E-state index in [0.717, 1.165) is 12.1 Å². The number of carbonyl (C=O) groups excluding carboxylic acids is 1. The van der Waals surface area contributed by atoms with Crippen LogP contribution in [0.4, 0.5) is 0 Å². The molecule has 0 spiro atoms. The largest absolute Gasteiger partial charge is 0.369 e. The van der Waals surface area contributed by atoms with E-state index in [0.29, 0.717) is 24.5 Å². The maximum atomic E-state index is 11.9.